The second-order valence-electron chi connectivity index (χ2n) is 7.70. The van der Waals surface area contributed by atoms with Crippen molar-refractivity contribution in [1.29, 1.82) is 0 Å². The molecule has 3 nitrogen and oxygen atoms in total. The van der Waals surface area contributed by atoms with E-state index in [1.165, 1.54) is 0 Å². The van der Waals surface area contributed by atoms with Crippen molar-refractivity contribution in [1.82, 2.24) is 0 Å². The van der Waals surface area contributed by atoms with E-state index in [1.807, 2.05) is 48.5 Å². The number of ether oxygens (including phenoxy) is 3. The first kappa shape index (κ1) is 22.8. The molecule has 33 heavy (non-hydrogen) atoms. The Balaban J connectivity index is 1.81. The maximum Gasteiger partial charge on any atom is 0.243 e. The molecule has 0 fully saturated rings. The summed E-state index contributed by atoms with van der Waals surface area (Å²) in [5, 5.41) is 0. The van der Waals surface area contributed by atoms with E-state index in [9.17, 15) is 0 Å². The maximum atomic E-state index is 5.85. The minimum absolute atomic E-state index is 0.749. The molecule has 0 aliphatic carbocycles. The normalized spacial score (nSPS) is 10.6. The number of para-hydroxylation sites is 2. The third-order valence-corrected chi connectivity index (χ3v) is 6.61. The quantitative estimate of drug-likeness (QED) is 0.187. The number of unbranched alkanes of at least 4 members (excludes halogenated alkanes) is 1. The molecular weight excluding hydrogens is 428 g/mol. The molecule has 1 heterocycles. The molecule has 0 radical (unpaired) electrons. The molecule has 0 saturated heterocycles. The van der Waals surface area contributed by atoms with E-state index in [0.717, 1.165) is 68.7 Å². The van der Waals surface area contributed by atoms with Crippen LogP contribution in [-0.2, 0) is 0 Å². The Morgan fingerprint density at radius 2 is 1.21 bits per heavy atom. The van der Waals surface area contributed by atoms with Gasteiger partial charge in [0, 0.05) is 12.1 Å². The molecule has 0 unspecified atom stereocenters. The van der Waals surface area contributed by atoms with Crippen molar-refractivity contribution in [2.75, 3.05) is 20.8 Å². The maximum absolute atomic E-state index is 5.85. The van der Waals surface area contributed by atoms with Gasteiger partial charge in [0.05, 0.1) is 32.0 Å². The summed E-state index contributed by atoms with van der Waals surface area (Å²) < 4.78 is 17.2. The Labute approximate surface area is 200 Å². The highest BCUT2D eigenvalue weighted by Gasteiger charge is 2.23. The van der Waals surface area contributed by atoms with Gasteiger partial charge in [-0.25, -0.2) is 0 Å². The van der Waals surface area contributed by atoms with Crippen LogP contribution < -0.4 is 14.2 Å². The zero-order chi connectivity index (χ0) is 23.0. The van der Waals surface area contributed by atoms with Crippen LogP contribution in [0.5, 0.6) is 17.2 Å². The van der Waals surface area contributed by atoms with E-state index in [2.05, 4.69) is 43.3 Å². The van der Waals surface area contributed by atoms with Gasteiger partial charge in [0.1, 0.15) is 17.2 Å². The van der Waals surface area contributed by atoms with Crippen LogP contribution in [0, 0.1) is 0 Å². The van der Waals surface area contributed by atoms with Crippen LogP contribution in [0.15, 0.2) is 84.9 Å². The summed E-state index contributed by atoms with van der Waals surface area (Å²) in [6.45, 7) is 2.92. The topological polar surface area (TPSA) is 27.7 Å². The minimum atomic E-state index is 0.749. The minimum Gasteiger partial charge on any atom is -0.496 e. The van der Waals surface area contributed by atoms with Crippen molar-refractivity contribution >= 4 is 11.3 Å². The average Bonchev–Trinajstić information content (AvgIpc) is 2.89. The Hall–Kier alpha value is -3.37. The molecule has 0 spiro atoms. The molecule has 0 atom stereocenters. The fourth-order valence-corrected chi connectivity index (χ4v) is 4.87. The summed E-state index contributed by atoms with van der Waals surface area (Å²) in [7, 11) is 3.43. The molecule has 1 aromatic heterocycles. The second-order valence-corrected chi connectivity index (χ2v) is 8.79. The van der Waals surface area contributed by atoms with Gasteiger partial charge in [-0.05, 0) is 53.9 Å². The van der Waals surface area contributed by atoms with E-state index in [1.54, 1.807) is 25.6 Å². The van der Waals surface area contributed by atoms with Crippen molar-refractivity contribution in [3.63, 3.8) is 0 Å². The first-order valence-electron chi connectivity index (χ1n) is 11.2. The molecule has 4 heteroatoms. The molecule has 0 saturated carbocycles. The van der Waals surface area contributed by atoms with Crippen LogP contribution >= 0.6 is 11.3 Å². The highest BCUT2D eigenvalue weighted by molar-refractivity contribution is 7.18. The smallest absolute Gasteiger partial charge is 0.243 e. The highest BCUT2D eigenvalue weighted by Crippen LogP contribution is 2.42. The summed E-state index contributed by atoms with van der Waals surface area (Å²) in [6, 6.07) is 29.1. The van der Waals surface area contributed by atoms with Crippen LogP contribution in [0.25, 0.3) is 32.0 Å². The predicted octanol–water partition coefficient (Wildman–Crippen LogP) is 8.23. The number of hydrogen-bond donors (Lipinski definition) is 0. The molecule has 4 rings (SSSR count). The molecule has 168 valence electrons. The van der Waals surface area contributed by atoms with E-state index < -0.39 is 0 Å². The van der Waals surface area contributed by atoms with E-state index >= 15 is 0 Å². The zero-order valence-electron chi connectivity index (χ0n) is 19.3. The standard InChI is InChI=1S/C29H29O3S/c1-4-5-18-32-23-16-14-21(15-17-23)22-19-28(24-10-6-8-12-26(24)30-2)33-29(20-22)25-11-7-9-13-27(25)31-3/h6-17,19-20H,4-5,18H2,1-3H3/q+1. The van der Waals surface area contributed by atoms with Gasteiger partial charge in [-0.1, -0.05) is 49.7 Å². The van der Waals surface area contributed by atoms with Crippen LogP contribution in [0.3, 0.4) is 0 Å². The van der Waals surface area contributed by atoms with Gasteiger partial charge in [0.15, 0.2) is 0 Å². The largest absolute Gasteiger partial charge is 0.496 e. The van der Waals surface area contributed by atoms with Gasteiger partial charge in [-0.2, -0.15) is 0 Å². The number of benzene rings is 3. The molecular formula is C29H29O3S+. The first-order valence-corrected chi connectivity index (χ1v) is 12.0. The van der Waals surface area contributed by atoms with Crippen LogP contribution in [-0.4, -0.2) is 20.8 Å². The van der Waals surface area contributed by atoms with Gasteiger partial charge in [0.25, 0.3) is 0 Å². The highest BCUT2D eigenvalue weighted by atomic mass is 32.1. The van der Waals surface area contributed by atoms with E-state index in [-0.39, 0.29) is 0 Å². The van der Waals surface area contributed by atoms with Gasteiger partial charge in [-0.3, -0.25) is 0 Å². The zero-order valence-corrected chi connectivity index (χ0v) is 20.2. The van der Waals surface area contributed by atoms with Crippen molar-refractivity contribution in [2.24, 2.45) is 0 Å². The van der Waals surface area contributed by atoms with E-state index in [0.29, 0.717) is 0 Å². The molecule has 3 aromatic carbocycles. The molecule has 4 aromatic rings. The van der Waals surface area contributed by atoms with Crippen LogP contribution in [0.4, 0.5) is 0 Å². The Bertz CT molecular complexity index is 1140. The molecule has 0 bridgehead atoms. The molecule has 0 aliphatic rings. The number of rotatable bonds is 9. The third kappa shape index (κ3) is 5.35. The summed E-state index contributed by atoms with van der Waals surface area (Å²) >= 11 is 1.73. The predicted molar refractivity (Wildman–Crippen MR) is 139 cm³/mol. The summed E-state index contributed by atoms with van der Waals surface area (Å²) in [4.78, 5) is 2.27. The Kier molecular flexibility index (Phi) is 7.59. The van der Waals surface area contributed by atoms with Gasteiger partial charge in [0.2, 0.25) is 21.1 Å². The Morgan fingerprint density at radius 3 is 1.73 bits per heavy atom. The van der Waals surface area contributed by atoms with Crippen molar-refractivity contribution in [2.45, 2.75) is 19.8 Å². The second kappa shape index (κ2) is 11.0. The third-order valence-electron chi connectivity index (χ3n) is 5.49. The summed E-state index contributed by atoms with van der Waals surface area (Å²) in [5.74, 6) is 2.62. The fourth-order valence-electron chi connectivity index (χ4n) is 3.71. The van der Waals surface area contributed by atoms with Gasteiger partial charge >= 0.3 is 0 Å². The van der Waals surface area contributed by atoms with Gasteiger partial charge in [-0.15, -0.1) is 0 Å². The average molecular weight is 458 g/mol. The van der Waals surface area contributed by atoms with Crippen LogP contribution in [0.1, 0.15) is 19.8 Å². The van der Waals surface area contributed by atoms with Crippen molar-refractivity contribution in [3.8, 4) is 49.3 Å². The molecule has 0 aliphatic heterocycles. The lowest BCUT2D eigenvalue weighted by molar-refractivity contribution is 0.309. The lowest BCUT2D eigenvalue weighted by Gasteiger charge is -2.09. The number of hydrogen-bond acceptors (Lipinski definition) is 3. The van der Waals surface area contributed by atoms with Crippen LogP contribution in [0.2, 0.25) is 0 Å². The van der Waals surface area contributed by atoms with E-state index in [4.69, 9.17) is 14.2 Å². The summed E-state index contributed by atoms with van der Waals surface area (Å²) in [6.07, 6.45) is 2.19. The fraction of sp³-hybridized carbons (Fsp3) is 0.207. The lowest BCUT2D eigenvalue weighted by Crippen LogP contribution is -1.96. The molecule has 0 amide bonds. The molecule has 0 N–H and O–H groups in total. The summed E-state index contributed by atoms with van der Waals surface area (Å²) in [5.41, 5.74) is 4.42. The van der Waals surface area contributed by atoms with Crippen molar-refractivity contribution < 1.29 is 14.2 Å². The Morgan fingerprint density at radius 1 is 0.667 bits per heavy atom. The van der Waals surface area contributed by atoms with Crippen molar-refractivity contribution in [3.05, 3.63) is 84.9 Å². The van der Waals surface area contributed by atoms with Gasteiger partial charge < -0.3 is 14.2 Å². The SMILES string of the molecule is CCCCOc1ccc(-c2cc(-c3ccccc3OC)[s+]c(-c3ccccc3OC)c2)cc1. The number of methoxy groups -OCH3 is 2. The monoisotopic (exact) mass is 457 g/mol. The first-order chi connectivity index (χ1) is 16.2. The lowest BCUT2D eigenvalue weighted by atomic mass is 10.0.